The van der Waals surface area contributed by atoms with E-state index in [1.807, 2.05) is 50.2 Å². The van der Waals surface area contributed by atoms with Gasteiger partial charge < -0.3 is 14.3 Å². The Morgan fingerprint density at radius 3 is 2.63 bits per heavy atom. The zero-order chi connectivity index (χ0) is 29.3. The highest BCUT2D eigenvalue weighted by atomic mass is 35.5. The van der Waals surface area contributed by atoms with Crippen molar-refractivity contribution >= 4 is 34.3 Å². The third kappa shape index (κ3) is 6.67. The molecule has 0 saturated heterocycles. The van der Waals surface area contributed by atoms with E-state index in [9.17, 15) is 9.90 Å². The normalized spacial score (nSPS) is 12.6. The van der Waals surface area contributed by atoms with Crippen molar-refractivity contribution in [3.8, 4) is 17.1 Å². The first kappa shape index (κ1) is 28.9. The van der Waals surface area contributed by atoms with Gasteiger partial charge in [-0.3, -0.25) is 9.48 Å². The number of ether oxygens (including phenoxy) is 1. The molecule has 41 heavy (non-hydrogen) atoms. The molecule has 1 atom stereocenters. The standard InChI is InChI=1S/C32H32ClN3O4S/c1-19-13-24(21(3)39-26-11-12-27(33)35-31(26)41-17-22-9-7-6-8-10-22)30-25(14-19)28(37)20(2)29(40-30)23-15-34-36(16-23)18-32(4,5)38/h6-16,21,38H,17-18H2,1-5H3/t21-/m1/s1. The third-order valence-corrected chi connectivity index (χ3v) is 7.84. The molecule has 0 bridgehead atoms. The average molecular weight is 590 g/mol. The van der Waals surface area contributed by atoms with Crippen molar-refractivity contribution in [2.45, 2.75) is 63.6 Å². The largest absolute Gasteiger partial charge is 0.483 e. The number of hydrogen-bond acceptors (Lipinski definition) is 7. The number of nitrogens with zero attached hydrogens (tertiary/aromatic N) is 3. The molecule has 9 heteroatoms. The van der Waals surface area contributed by atoms with Gasteiger partial charge in [0, 0.05) is 23.1 Å². The summed E-state index contributed by atoms with van der Waals surface area (Å²) in [6.45, 7) is 9.37. The number of benzene rings is 2. The van der Waals surface area contributed by atoms with E-state index in [4.69, 9.17) is 20.8 Å². The predicted molar refractivity (Wildman–Crippen MR) is 164 cm³/mol. The molecule has 0 aliphatic carbocycles. The fourth-order valence-electron chi connectivity index (χ4n) is 4.69. The molecule has 212 valence electrons. The molecule has 0 aliphatic rings. The number of halogens is 1. The molecule has 1 N–H and O–H groups in total. The number of aryl methyl sites for hydroxylation is 1. The third-order valence-electron chi connectivity index (χ3n) is 6.59. The average Bonchev–Trinajstić information content (AvgIpc) is 3.37. The Kier molecular flexibility index (Phi) is 8.27. The van der Waals surface area contributed by atoms with Crippen molar-refractivity contribution in [1.82, 2.24) is 14.8 Å². The fourth-order valence-corrected chi connectivity index (χ4v) is 5.80. The number of aromatic nitrogens is 3. The number of pyridine rings is 1. The second-order valence-corrected chi connectivity index (χ2v) is 12.2. The minimum absolute atomic E-state index is 0.110. The van der Waals surface area contributed by atoms with Crippen LogP contribution in [0.3, 0.4) is 0 Å². The van der Waals surface area contributed by atoms with Crippen LogP contribution < -0.4 is 10.2 Å². The number of fused-ring (bicyclic) bond motifs is 1. The maximum atomic E-state index is 13.6. The molecular formula is C32H32ClN3O4S. The molecule has 7 nitrogen and oxygen atoms in total. The van der Waals surface area contributed by atoms with Crippen LogP contribution in [0, 0.1) is 13.8 Å². The maximum absolute atomic E-state index is 13.6. The van der Waals surface area contributed by atoms with Gasteiger partial charge in [-0.1, -0.05) is 53.7 Å². The monoisotopic (exact) mass is 589 g/mol. The van der Waals surface area contributed by atoms with Crippen LogP contribution in [0.25, 0.3) is 22.3 Å². The summed E-state index contributed by atoms with van der Waals surface area (Å²) in [6, 6.07) is 17.5. The molecule has 0 spiro atoms. The predicted octanol–water partition coefficient (Wildman–Crippen LogP) is 7.52. The molecule has 0 fully saturated rings. The molecule has 5 aromatic rings. The lowest BCUT2D eigenvalue weighted by molar-refractivity contribution is 0.0577. The summed E-state index contributed by atoms with van der Waals surface area (Å²) < 4.78 is 14.6. The Hall–Kier alpha value is -3.59. The van der Waals surface area contributed by atoms with E-state index in [0.29, 0.717) is 56.1 Å². The highest BCUT2D eigenvalue weighted by Crippen LogP contribution is 2.37. The number of thioether (sulfide) groups is 1. The van der Waals surface area contributed by atoms with E-state index in [1.54, 1.807) is 55.7 Å². The summed E-state index contributed by atoms with van der Waals surface area (Å²) in [4.78, 5) is 18.1. The zero-order valence-corrected chi connectivity index (χ0v) is 25.2. The lowest BCUT2D eigenvalue weighted by atomic mass is 10.0. The zero-order valence-electron chi connectivity index (χ0n) is 23.6. The molecule has 0 radical (unpaired) electrons. The second-order valence-electron chi connectivity index (χ2n) is 10.8. The van der Waals surface area contributed by atoms with Crippen molar-refractivity contribution in [1.29, 1.82) is 0 Å². The first-order chi connectivity index (χ1) is 19.5. The number of hydrogen-bond donors (Lipinski definition) is 1. The molecule has 3 aromatic heterocycles. The molecule has 2 aromatic carbocycles. The molecule has 5 rings (SSSR count). The van der Waals surface area contributed by atoms with Gasteiger partial charge in [-0.2, -0.15) is 5.10 Å². The molecule has 3 heterocycles. The summed E-state index contributed by atoms with van der Waals surface area (Å²) >= 11 is 7.79. The smallest absolute Gasteiger partial charge is 0.196 e. The summed E-state index contributed by atoms with van der Waals surface area (Å²) in [7, 11) is 0. The number of aliphatic hydroxyl groups is 1. The maximum Gasteiger partial charge on any atom is 0.196 e. The topological polar surface area (TPSA) is 90.4 Å². The molecular weight excluding hydrogens is 558 g/mol. The van der Waals surface area contributed by atoms with Crippen LogP contribution in [0.2, 0.25) is 5.15 Å². The Morgan fingerprint density at radius 1 is 1.15 bits per heavy atom. The summed E-state index contributed by atoms with van der Waals surface area (Å²) in [5.41, 5.74) is 3.40. The van der Waals surface area contributed by atoms with E-state index < -0.39 is 11.7 Å². The Labute approximate surface area is 248 Å². The van der Waals surface area contributed by atoms with Gasteiger partial charge in [0.1, 0.15) is 27.6 Å². The fraction of sp³-hybridized carbons (Fsp3) is 0.281. The first-order valence-electron chi connectivity index (χ1n) is 13.3. The highest BCUT2D eigenvalue weighted by molar-refractivity contribution is 7.98. The first-order valence-corrected chi connectivity index (χ1v) is 14.7. The van der Waals surface area contributed by atoms with Crippen LogP contribution >= 0.6 is 23.4 Å². The van der Waals surface area contributed by atoms with Gasteiger partial charge in [0.25, 0.3) is 0 Å². The van der Waals surface area contributed by atoms with Gasteiger partial charge in [-0.05, 0) is 70.0 Å². The van der Waals surface area contributed by atoms with Crippen molar-refractivity contribution in [3.05, 3.63) is 105 Å². The van der Waals surface area contributed by atoms with E-state index in [-0.39, 0.29) is 5.43 Å². The Balaban J connectivity index is 1.52. The van der Waals surface area contributed by atoms with Gasteiger partial charge in [0.05, 0.1) is 29.3 Å². The van der Waals surface area contributed by atoms with Gasteiger partial charge in [0.2, 0.25) is 0 Å². The van der Waals surface area contributed by atoms with Crippen LogP contribution in [0.15, 0.2) is 81.2 Å². The van der Waals surface area contributed by atoms with Crippen LogP contribution in [-0.2, 0) is 12.3 Å². The minimum Gasteiger partial charge on any atom is -0.483 e. The summed E-state index contributed by atoms with van der Waals surface area (Å²) in [5, 5.41) is 16.1. The lowest BCUT2D eigenvalue weighted by Gasteiger charge is -2.19. The van der Waals surface area contributed by atoms with Gasteiger partial charge in [0.15, 0.2) is 11.2 Å². The van der Waals surface area contributed by atoms with Gasteiger partial charge in [-0.15, -0.1) is 0 Å². The number of rotatable bonds is 9. The minimum atomic E-state index is -0.936. The quantitative estimate of drug-likeness (QED) is 0.140. The van der Waals surface area contributed by atoms with Crippen LogP contribution in [0.1, 0.15) is 49.1 Å². The van der Waals surface area contributed by atoms with Gasteiger partial charge >= 0.3 is 0 Å². The molecule has 0 unspecified atom stereocenters. The van der Waals surface area contributed by atoms with E-state index in [0.717, 1.165) is 11.1 Å². The van der Waals surface area contributed by atoms with E-state index in [2.05, 4.69) is 22.2 Å². The molecule has 0 amide bonds. The van der Waals surface area contributed by atoms with Crippen LogP contribution in [-0.4, -0.2) is 25.5 Å². The van der Waals surface area contributed by atoms with Crippen LogP contribution in [0.5, 0.6) is 5.75 Å². The molecule has 0 aliphatic heterocycles. The summed E-state index contributed by atoms with van der Waals surface area (Å²) in [6.07, 6.45) is 2.96. The summed E-state index contributed by atoms with van der Waals surface area (Å²) in [5.74, 6) is 1.75. The van der Waals surface area contributed by atoms with Crippen molar-refractivity contribution in [2.75, 3.05) is 0 Å². The molecule has 0 saturated carbocycles. The lowest BCUT2D eigenvalue weighted by Crippen LogP contribution is -2.26. The van der Waals surface area contributed by atoms with E-state index in [1.165, 1.54) is 5.56 Å². The second kappa shape index (κ2) is 11.7. The van der Waals surface area contributed by atoms with Crippen LogP contribution in [0.4, 0.5) is 0 Å². The van der Waals surface area contributed by atoms with E-state index >= 15 is 0 Å². The van der Waals surface area contributed by atoms with Crippen molar-refractivity contribution in [3.63, 3.8) is 0 Å². The highest BCUT2D eigenvalue weighted by Gasteiger charge is 2.22. The SMILES string of the molecule is Cc1cc([C@@H](C)Oc2ccc(Cl)nc2SCc2ccccc2)c2oc(-c3cnn(CC(C)(C)O)c3)c(C)c(=O)c2c1. The Bertz CT molecular complexity index is 1760. The van der Waals surface area contributed by atoms with Crippen molar-refractivity contribution < 1.29 is 14.3 Å². The van der Waals surface area contributed by atoms with Gasteiger partial charge in [-0.25, -0.2) is 4.98 Å². The Morgan fingerprint density at radius 2 is 1.90 bits per heavy atom. The van der Waals surface area contributed by atoms with Crippen molar-refractivity contribution in [2.24, 2.45) is 0 Å².